The summed E-state index contributed by atoms with van der Waals surface area (Å²) in [5.41, 5.74) is 0.194. The van der Waals surface area contributed by atoms with E-state index in [2.05, 4.69) is 16.5 Å². The van der Waals surface area contributed by atoms with Gasteiger partial charge in [-0.3, -0.25) is 4.79 Å². The quantitative estimate of drug-likeness (QED) is 0.773. The number of amides is 1. The number of halogens is 1. The Morgan fingerprint density at radius 1 is 1.56 bits per heavy atom. The maximum atomic E-state index is 11.9. The van der Waals surface area contributed by atoms with Gasteiger partial charge in [-0.15, -0.1) is 6.58 Å². The van der Waals surface area contributed by atoms with Gasteiger partial charge in [-0.25, -0.2) is 9.97 Å². The molecule has 0 saturated heterocycles. The second-order valence-electron chi connectivity index (χ2n) is 2.99. The third kappa shape index (κ3) is 3.29. The normalized spacial score (nSPS) is 9.88. The smallest absolute Gasteiger partial charge is 0.274 e. The van der Waals surface area contributed by atoms with Crippen molar-refractivity contribution in [3.05, 3.63) is 35.9 Å². The molecular formula is C10H12ClN3O2. The van der Waals surface area contributed by atoms with E-state index in [4.69, 9.17) is 16.7 Å². The molecule has 0 aromatic carbocycles. The monoisotopic (exact) mass is 241 g/mol. The summed E-state index contributed by atoms with van der Waals surface area (Å²) in [6.45, 7) is 4.01. The van der Waals surface area contributed by atoms with Crippen LogP contribution in [0.2, 0.25) is 5.15 Å². The molecule has 1 aromatic rings. The fourth-order valence-electron chi connectivity index (χ4n) is 1.14. The second kappa shape index (κ2) is 6.19. The topological polar surface area (TPSA) is 66.3 Å². The zero-order chi connectivity index (χ0) is 12.0. The van der Waals surface area contributed by atoms with Crippen LogP contribution in [0.5, 0.6) is 0 Å². The summed E-state index contributed by atoms with van der Waals surface area (Å²) in [4.78, 5) is 20.9. The minimum absolute atomic E-state index is 0.111. The van der Waals surface area contributed by atoms with Crippen molar-refractivity contribution in [3.8, 4) is 0 Å². The van der Waals surface area contributed by atoms with Crippen LogP contribution in [0.3, 0.4) is 0 Å². The molecule has 0 aliphatic carbocycles. The van der Waals surface area contributed by atoms with Crippen molar-refractivity contribution >= 4 is 17.5 Å². The average molecular weight is 242 g/mol. The Bertz CT molecular complexity index is 367. The van der Waals surface area contributed by atoms with Gasteiger partial charge in [0.1, 0.15) is 10.8 Å². The van der Waals surface area contributed by atoms with E-state index in [1.807, 2.05) is 0 Å². The Hall–Kier alpha value is -1.46. The molecule has 1 rings (SSSR count). The van der Waals surface area contributed by atoms with Crippen molar-refractivity contribution in [3.63, 3.8) is 0 Å². The van der Waals surface area contributed by atoms with E-state index in [0.29, 0.717) is 6.54 Å². The van der Waals surface area contributed by atoms with E-state index in [0.717, 1.165) is 0 Å². The van der Waals surface area contributed by atoms with Crippen LogP contribution in [0.4, 0.5) is 0 Å². The molecule has 0 aliphatic rings. The Labute approximate surface area is 98.4 Å². The Morgan fingerprint density at radius 2 is 2.31 bits per heavy atom. The SMILES string of the molecule is C=CCN(CCO)C(=O)c1cnc(Cl)cn1. The van der Waals surface area contributed by atoms with Crippen LogP contribution in [0.1, 0.15) is 10.5 Å². The first kappa shape index (κ1) is 12.6. The third-order valence-corrected chi connectivity index (χ3v) is 2.04. The molecule has 16 heavy (non-hydrogen) atoms. The molecule has 0 saturated carbocycles. The number of hydrogen-bond donors (Lipinski definition) is 1. The van der Waals surface area contributed by atoms with Gasteiger partial charge >= 0.3 is 0 Å². The highest BCUT2D eigenvalue weighted by Crippen LogP contribution is 2.04. The summed E-state index contributed by atoms with van der Waals surface area (Å²) in [5.74, 6) is -0.307. The Morgan fingerprint density at radius 3 is 2.81 bits per heavy atom. The summed E-state index contributed by atoms with van der Waals surface area (Å²) in [7, 11) is 0. The van der Waals surface area contributed by atoms with E-state index in [1.165, 1.54) is 17.3 Å². The predicted molar refractivity (Wildman–Crippen MR) is 60.2 cm³/mol. The molecule has 0 radical (unpaired) electrons. The lowest BCUT2D eigenvalue weighted by atomic mass is 10.3. The van der Waals surface area contributed by atoms with Crippen LogP contribution in [0, 0.1) is 0 Å². The Kier molecular flexibility index (Phi) is 4.88. The standard InChI is InChI=1S/C10H12ClN3O2/c1-2-3-14(4-5-15)10(16)8-6-13-9(11)7-12-8/h2,6-7,15H,1,3-5H2. The zero-order valence-electron chi connectivity index (χ0n) is 8.64. The minimum atomic E-state index is -0.307. The molecule has 0 atom stereocenters. The molecule has 0 unspecified atom stereocenters. The first-order valence-corrected chi connectivity index (χ1v) is 5.05. The van der Waals surface area contributed by atoms with Crippen molar-refractivity contribution in [1.29, 1.82) is 0 Å². The molecule has 1 heterocycles. The summed E-state index contributed by atoms with van der Waals surface area (Å²) in [5, 5.41) is 9.05. The fraction of sp³-hybridized carbons (Fsp3) is 0.300. The predicted octanol–water partition coefficient (Wildman–Crippen LogP) is 0.750. The molecule has 0 bridgehead atoms. The summed E-state index contributed by atoms with van der Waals surface area (Å²) >= 11 is 5.56. The van der Waals surface area contributed by atoms with Gasteiger partial charge in [0.15, 0.2) is 0 Å². The summed E-state index contributed by atoms with van der Waals surface area (Å²) < 4.78 is 0. The maximum absolute atomic E-state index is 11.9. The summed E-state index contributed by atoms with van der Waals surface area (Å²) in [6, 6.07) is 0. The van der Waals surface area contributed by atoms with E-state index < -0.39 is 0 Å². The van der Waals surface area contributed by atoms with Crippen LogP contribution in [-0.4, -0.2) is 45.6 Å². The highest BCUT2D eigenvalue weighted by molar-refractivity contribution is 6.29. The van der Waals surface area contributed by atoms with Crippen molar-refractivity contribution in [2.75, 3.05) is 19.7 Å². The zero-order valence-corrected chi connectivity index (χ0v) is 9.39. The van der Waals surface area contributed by atoms with Crippen molar-refractivity contribution < 1.29 is 9.90 Å². The largest absolute Gasteiger partial charge is 0.395 e. The molecule has 1 aromatic heterocycles. The Balaban J connectivity index is 2.80. The van der Waals surface area contributed by atoms with E-state index in [1.54, 1.807) is 6.08 Å². The van der Waals surface area contributed by atoms with Crippen LogP contribution in [0.25, 0.3) is 0 Å². The van der Waals surface area contributed by atoms with Crippen LogP contribution in [-0.2, 0) is 0 Å². The average Bonchev–Trinajstić information content (AvgIpc) is 2.29. The van der Waals surface area contributed by atoms with Crippen molar-refractivity contribution in [2.45, 2.75) is 0 Å². The van der Waals surface area contributed by atoms with Gasteiger partial charge in [-0.1, -0.05) is 17.7 Å². The molecule has 0 spiro atoms. The minimum Gasteiger partial charge on any atom is -0.395 e. The number of carbonyl (C=O) groups is 1. The van der Waals surface area contributed by atoms with Gasteiger partial charge in [-0.2, -0.15) is 0 Å². The number of nitrogens with zero attached hydrogens (tertiary/aromatic N) is 3. The van der Waals surface area contributed by atoms with Crippen molar-refractivity contribution in [2.24, 2.45) is 0 Å². The molecule has 6 heteroatoms. The second-order valence-corrected chi connectivity index (χ2v) is 3.38. The molecule has 1 N–H and O–H groups in total. The van der Waals surface area contributed by atoms with E-state index in [-0.39, 0.29) is 29.9 Å². The molecule has 5 nitrogen and oxygen atoms in total. The highest BCUT2D eigenvalue weighted by atomic mass is 35.5. The fourth-order valence-corrected chi connectivity index (χ4v) is 1.23. The molecule has 0 fully saturated rings. The van der Waals surface area contributed by atoms with Gasteiger partial charge in [0.05, 0.1) is 19.0 Å². The van der Waals surface area contributed by atoms with Gasteiger partial charge in [0.25, 0.3) is 5.91 Å². The molecule has 1 amide bonds. The van der Waals surface area contributed by atoms with Gasteiger partial charge in [0, 0.05) is 13.1 Å². The van der Waals surface area contributed by atoms with Gasteiger partial charge in [0.2, 0.25) is 0 Å². The van der Waals surface area contributed by atoms with Crippen LogP contribution in [0.15, 0.2) is 25.0 Å². The number of hydrogen-bond acceptors (Lipinski definition) is 4. The van der Waals surface area contributed by atoms with E-state index in [9.17, 15) is 4.79 Å². The third-order valence-electron chi connectivity index (χ3n) is 1.85. The lowest BCUT2D eigenvalue weighted by Gasteiger charge is -2.18. The first-order chi connectivity index (χ1) is 7.69. The van der Waals surface area contributed by atoms with Crippen molar-refractivity contribution in [1.82, 2.24) is 14.9 Å². The first-order valence-electron chi connectivity index (χ1n) is 4.67. The van der Waals surface area contributed by atoms with E-state index >= 15 is 0 Å². The highest BCUT2D eigenvalue weighted by Gasteiger charge is 2.15. The summed E-state index contributed by atoms with van der Waals surface area (Å²) in [6.07, 6.45) is 4.19. The number of aliphatic hydroxyl groups excluding tert-OH is 1. The lowest BCUT2D eigenvalue weighted by molar-refractivity contribution is 0.0736. The van der Waals surface area contributed by atoms with Gasteiger partial charge < -0.3 is 10.0 Å². The number of aliphatic hydroxyl groups is 1. The van der Waals surface area contributed by atoms with Crippen LogP contribution >= 0.6 is 11.6 Å². The molecule has 0 aliphatic heterocycles. The van der Waals surface area contributed by atoms with Gasteiger partial charge in [-0.05, 0) is 0 Å². The molecule has 86 valence electrons. The number of rotatable bonds is 5. The van der Waals surface area contributed by atoms with Crippen LogP contribution < -0.4 is 0 Å². The number of carbonyl (C=O) groups excluding carboxylic acids is 1. The maximum Gasteiger partial charge on any atom is 0.274 e. The number of aromatic nitrogens is 2. The lowest BCUT2D eigenvalue weighted by Crippen LogP contribution is -2.34. The molecular weight excluding hydrogens is 230 g/mol.